The number of likely N-dealkylation sites (tertiary alicyclic amines) is 1. The van der Waals surface area contributed by atoms with Crippen LogP contribution in [0.25, 0.3) is 0 Å². The van der Waals surface area contributed by atoms with E-state index in [1.54, 1.807) is 19.2 Å². The van der Waals surface area contributed by atoms with Crippen molar-refractivity contribution in [2.75, 3.05) is 43.9 Å². The third-order valence-electron chi connectivity index (χ3n) is 6.30. The van der Waals surface area contributed by atoms with Gasteiger partial charge in [-0.3, -0.25) is 9.59 Å². The van der Waals surface area contributed by atoms with Crippen LogP contribution in [0, 0.1) is 0 Å². The van der Waals surface area contributed by atoms with Crippen molar-refractivity contribution in [2.45, 2.75) is 31.6 Å². The molecule has 2 aliphatic rings. The summed E-state index contributed by atoms with van der Waals surface area (Å²) < 4.78 is 5.48. The molecule has 164 valence electrons. The van der Waals surface area contributed by atoms with Crippen molar-refractivity contribution in [3.05, 3.63) is 47.2 Å². The molecule has 2 fully saturated rings. The molecule has 8 nitrogen and oxygen atoms in total. The number of hydrogen-bond acceptors (Lipinski definition) is 6. The van der Waals surface area contributed by atoms with Crippen LogP contribution in [0.15, 0.2) is 30.3 Å². The van der Waals surface area contributed by atoms with Crippen molar-refractivity contribution in [2.24, 2.45) is 5.73 Å². The van der Waals surface area contributed by atoms with Crippen molar-refractivity contribution < 1.29 is 14.3 Å². The molecule has 2 aliphatic heterocycles. The van der Waals surface area contributed by atoms with Gasteiger partial charge in [-0.2, -0.15) is 0 Å². The van der Waals surface area contributed by atoms with Crippen molar-refractivity contribution in [3.63, 3.8) is 0 Å². The van der Waals surface area contributed by atoms with E-state index >= 15 is 0 Å². The fourth-order valence-corrected chi connectivity index (χ4v) is 4.51. The maximum absolute atomic E-state index is 13.3. The predicted molar refractivity (Wildman–Crippen MR) is 119 cm³/mol. The highest BCUT2D eigenvalue weighted by molar-refractivity contribution is 5.98. The standard InChI is InChI=1S/C23H29N5O3/c1-31-20-7-4-16(27-10-2-3-11-27)14-18(20)23(30)28-12-8-15(9-13-28)19-6-5-17(22(25)29)21(24)26-19/h4-7,14-15H,2-3,8-13H2,1H3,(H2,24,26)(H2,25,29). The number of rotatable bonds is 5. The summed E-state index contributed by atoms with van der Waals surface area (Å²) in [5, 5.41) is 0. The highest BCUT2D eigenvalue weighted by Crippen LogP contribution is 2.32. The number of nitrogens with zero attached hydrogens (tertiary/aromatic N) is 3. The van der Waals surface area contributed by atoms with Crippen LogP contribution >= 0.6 is 0 Å². The number of pyridine rings is 1. The largest absolute Gasteiger partial charge is 0.496 e. The highest BCUT2D eigenvalue weighted by atomic mass is 16.5. The van der Waals surface area contributed by atoms with Gasteiger partial charge in [0, 0.05) is 43.5 Å². The number of aromatic nitrogens is 1. The summed E-state index contributed by atoms with van der Waals surface area (Å²) in [5.41, 5.74) is 13.9. The number of nitrogens with two attached hydrogens (primary N) is 2. The predicted octanol–water partition coefficient (Wildman–Crippen LogP) is 2.39. The first-order valence-corrected chi connectivity index (χ1v) is 10.8. The molecule has 0 radical (unpaired) electrons. The van der Waals surface area contributed by atoms with E-state index in [1.165, 1.54) is 12.8 Å². The Balaban J connectivity index is 1.46. The molecule has 31 heavy (non-hydrogen) atoms. The first kappa shape index (κ1) is 21.0. The lowest BCUT2D eigenvalue weighted by Crippen LogP contribution is -2.38. The molecule has 0 spiro atoms. The Labute approximate surface area is 182 Å². The number of primary amides is 1. The van der Waals surface area contributed by atoms with Gasteiger partial charge in [0.2, 0.25) is 0 Å². The van der Waals surface area contributed by atoms with Crippen LogP contribution in [0.4, 0.5) is 11.5 Å². The summed E-state index contributed by atoms with van der Waals surface area (Å²) in [4.78, 5) is 33.2. The Morgan fingerprint density at radius 2 is 1.74 bits per heavy atom. The number of methoxy groups -OCH3 is 1. The summed E-state index contributed by atoms with van der Waals surface area (Å²) in [7, 11) is 1.60. The smallest absolute Gasteiger partial charge is 0.257 e. The van der Waals surface area contributed by atoms with Gasteiger partial charge in [0.15, 0.2) is 0 Å². The Bertz CT molecular complexity index is 979. The average Bonchev–Trinajstić information content (AvgIpc) is 3.33. The van der Waals surface area contributed by atoms with Crippen LogP contribution in [0.1, 0.15) is 58.0 Å². The monoisotopic (exact) mass is 423 g/mol. The maximum atomic E-state index is 13.3. The van der Waals surface area contributed by atoms with Crippen molar-refractivity contribution in [1.82, 2.24) is 9.88 Å². The van der Waals surface area contributed by atoms with Gasteiger partial charge < -0.3 is 26.0 Å². The fraction of sp³-hybridized carbons (Fsp3) is 0.435. The van der Waals surface area contributed by atoms with E-state index in [1.807, 2.05) is 23.1 Å². The molecule has 0 bridgehead atoms. The van der Waals surface area contributed by atoms with Crippen molar-refractivity contribution in [1.29, 1.82) is 0 Å². The molecule has 2 saturated heterocycles. The zero-order valence-electron chi connectivity index (χ0n) is 17.8. The first-order valence-electron chi connectivity index (χ1n) is 10.8. The van der Waals surface area contributed by atoms with E-state index in [9.17, 15) is 9.59 Å². The summed E-state index contributed by atoms with van der Waals surface area (Å²) in [5.74, 6) is 0.361. The van der Waals surface area contributed by atoms with Crippen molar-refractivity contribution >= 4 is 23.3 Å². The second-order valence-corrected chi connectivity index (χ2v) is 8.18. The van der Waals surface area contributed by atoms with E-state index in [4.69, 9.17) is 16.2 Å². The molecular weight excluding hydrogens is 394 g/mol. The molecule has 2 aromatic rings. The molecule has 1 aromatic heterocycles. The number of carbonyl (C=O) groups is 2. The van der Waals surface area contributed by atoms with E-state index in [2.05, 4.69) is 9.88 Å². The maximum Gasteiger partial charge on any atom is 0.257 e. The number of hydrogen-bond donors (Lipinski definition) is 2. The van der Waals surface area contributed by atoms with Gasteiger partial charge in [-0.15, -0.1) is 0 Å². The fourth-order valence-electron chi connectivity index (χ4n) is 4.51. The van der Waals surface area contributed by atoms with Gasteiger partial charge in [0.1, 0.15) is 11.6 Å². The lowest BCUT2D eigenvalue weighted by atomic mass is 9.92. The molecule has 1 aromatic carbocycles. The Kier molecular flexibility index (Phi) is 5.97. The van der Waals surface area contributed by atoms with Crippen LogP contribution in [0.2, 0.25) is 0 Å². The summed E-state index contributed by atoms with van der Waals surface area (Å²) >= 11 is 0. The quantitative estimate of drug-likeness (QED) is 0.763. The molecule has 0 unspecified atom stereocenters. The van der Waals surface area contributed by atoms with Crippen LogP contribution in [0.3, 0.4) is 0 Å². The molecule has 3 heterocycles. The summed E-state index contributed by atoms with van der Waals surface area (Å²) in [6, 6.07) is 9.32. The zero-order chi connectivity index (χ0) is 22.0. The van der Waals surface area contributed by atoms with Crippen LogP contribution in [-0.2, 0) is 0 Å². The third-order valence-corrected chi connectivity index (χ3v) is 6.30. The number of piperidine rings is 1. The summed E-state index contributed by atoms with van der Waals surface area (Å²) in [6.07, 6.45) is 3.92. The van der Waals surface area contributed by atoms with Gasteiger partial charge in [0.25, 0.3) is 11.8 Å². The topological polar surface area (TPSA) is 115 Å². The molecule has 0 saturated carbocycles. The minimum Gasteiger partial charge on any atom is -0.496 e. The van der Waals surface area contributed by atoms with Gasteiger partial charge in [-0.25, -0.2) is 4.98 Å². The lowest BCUT2D eigenvalue weighted by molar-refractivity contribution is 0.0708. The molecule has 0 atom stereocenters. The first-order chi connectivity index (χ1) is 15.0. The second kappa shape index (κ2) is 8.83. The lowest BCUT2D eigenvalue weighted by Gasteiger charge is -2.32. The minimum atomic E-state index is -0.581. The SMILES string of the molecule is COc1ccc(N2CCCC2)cc1C(=O)N1CCC(c2ccc(C(N)=O)c(N)n2)CC1. The van der Waals surface area contributed by atoms with Gasteiger partial charge >= 0.3 is 0 Å². The van der Waals surface area contributed by atoms with E-state index in [0.29, 0.717) is 24.4 Å². The number of ether oxygens (including phenoxy) is 1. The number of carbonyl (C=O) groups excluding carboxylic acids is 2. The minimum absolute atomic E-state index is 0.00658. The molecule has 2 amide bonds. The summed E-state index contributed by atoms with van der Waals surface area (Å²) in [6.45, 7) is 3.30. The number of anilines is 2. The average molecular weight is 424 g/mol. The normalized spacial score (nSPS) is 17.1. The molecule has 8 heteroatoms. The second-order valence-electron chi connectivity index (χ2n) is 8.18. The van der Waals surface area contributed by atoms with E-state index < -0.39 is 5.91 Å². The van der Waals surface area contributed by atoms with E-state index in [-0.39, 0.29) is 23.2 Å². The molecule has 4 rings (SSSR count). The van der Waals surface area contributed by atoms with Crippen LogP contribution in [0.5, 0.6) is 5.75 Å². The van der Waals surface area contributed by atoms with Gasteiger partial charge in [-0.05, 0) is 56.0 Å². The molecular formula is C23H29N5O3. The Morgan fingerprint density at radius 1 is 1.03 bits per heavy atom. The zero-order valence-corrected chi connectivity index (χ0v) is 17.8. The third kappa shape index (κ3) is 4.28. The number of amides is 2. The van der Waals surface area contributed by atoms with Gasteiger partial charge in [-0.1, -0.05) is 0 Å². The molecule has 4 N–H and O–H groups in total. The van der Waals surface area contributed by atoms with Gasteiger partial charge in [0.05, 0.1) is 18.2 Å². The number of nitrogen functional groups attached to an aromatic ring is 1. The Morgan fingerprint density at radius 3 is 2.35 bits per heavy atom. The highest BCUT2D eigenvalue weighted by Gasteiger charge is 2.28. The van der Waals surface area contributed by atoms with E-state index in [0.717, 1.165) is 37.3 Å². The Hall–Kier alpha value is -3.29. The van der Waals surface area contributed by atoms with Crippen LogP contribution in [-0.4, -0.2) is 55.0 Å². The molecule has 0 aliphatic carbocycles. The van der Waals surface area contributed by atoms with Crippen molar-refractivity contribution in [3.8, 4) is 5.75 Å². The number of benzene rings is 1. The van der Waals surface area contributed by atoms with Crippen LogP contribution < -0.4 is 21.1 Å².